The van der Waals surface area contributed by atoms with Crippen molar-refractivity contribution >= 4 is 6.03 Å². The number of aromatic nitrogens is 2. The normalized spacial score (nSPS) is 16.0. The fourth-order valence-electron chi connectivity index (χ4n) is 2.42. The molecule has 2 aromatic rings. The summed E-state index contributed by atoms with van der Waals surface area (Å²) in [7, 11) is 0. The van der Waals surface area contributed by atoms with Gasteiger partial charge in [-0.15, -0.1) is 0 Å². The lowest BCUT2D eigenvalue weighted by atomic mass is 10.2. The first-order chi connectivity index (χ1) is 11.3. The predicted octanol–water partition coefficient (Wildman–Crippen LogP) is 1.78. The summed E-state index contributed by atoms with van der Waals surface area (Å²) in [5.41, 5.74) is 0.862. The lowest BCUT2D eigenvalue weighted by molar-refractivity contribution is 0.0675. The Hall–Kier alpha value is -2.70. The Balaban J connectivity index is 1.54. The number of benzene rings is 1. The zero-order valence-corrected chi connectivity index (χ0v) is 13.0. The van der Waals surface area contributed by atoms with Gasteiger partial charge < -0.3 is 19.7 Å². The van der Waals surface area contributed by atoms with Crippen molar-refractivity contribution < 1.29 is 14.3 Å². The second kappa shape index (κ2) is 7.04. The number of carbonyl (C=O) groups excluding carboxylic acids is 1. The number of amides is 2. The minimum atomic E-state index is -0.178. The van der Waals surface area contributed by atoms with E-state index in [1.807, 2.05) is 37.3 Å². The highest BCUT2D eigenvalue weighted by Gasteiger charge is 2.24. The molecule has 23 heavy (non-hydrogen) atoms. The Morgan fingerprint density at radius 1 is 1.39 bits per heavy atom. The summed E-state index contributed by atoms with van der Waals surface area (Å²) in [6, 6.07) is 9.25. The molecule has 7 heteroatoms. The van der Waals surface area contributed by atoms with Crippen molar-refractivity contribution in [3.8, 4) is 11.5 Å². The van der Waals surface area contributed by atoms with Crippen molar-refractivity contribution in [3.05, 3.63) is 42.2 Å². The van der Waals surface area contributed by atoms with Gasteiger partial charge in [-0.3, -0.25) is 5.10 Å². The highest BCUT2D eigenvalue weighted by molar-refractivity contribution is 5.74. The minimum Gasteiger partial charge on any atom is -0.486 e. The fourth-order valence-corrected chi connectivity index (χ4v) is 2.42. The number of hydrogen-bond acceptors (Lipinski definition) is 4. The van der Waals surface area contributed by atoms with Gasteiger partial charge in [0.2, 0.25) is 0 Å². The molecule has 1 aromatic carbocycles. The van der Waals surface area contributed by atoms with Gasteiger partial charge in [0.25, 0.3) is 0 Å². The van der Waals surface area contributed by atoms with E-state index in [4.69, 9.17) is 9.47 Å². The molecule has 1 atom stereocenters. The molecule has 1 aliphatic heterocycles. The van der Waals surface area contributed by atoms with Crippen molar-refractivity contribution in [2.75, 3.05) is 19.7 Å². The maximum absolute atomic E-state index is 12.3. The zero-order valence-electron chi connectivity index (χ0n) is 13.0. The summed E-state index contributed by atoms with van der Waals surface area (Å²) < 4.78 is 11.6. The summed E-state index contributed by atoms with van der Waals surface area (Å²) in [6.07, 6.45) is 1.48. The van der Waals surface area contributed by atoms with Crippen LogP contribution in [0.4, 0.5) is 4.79 Å². The third-order valence-electron chi connectivity index (χ3n) is 3.65. The number of urea groups is 1. The first-order valence-electron chi connectivity index (χ1n) is 7.65. The Morgan fingerprint density at radius 2 is 2.22 bits per heavy atom. The summed E-state index contributed by atoms with van der Waals surface area (Å²) >= 11 is 0. The molecule has 1 aromatic heterocycles. The van der Waals surface area contributed by atoms with E-state index in [1.54, 1.807) is 11.1 Å². The standard InChI is InChI=1S/C16H20N4O3/c1-2-20(16(21)17-9-12-7-8-18-19-12)10-13-11-22-14-5-3-4-6-15(14)23-13/h3-8,13H,2,9-11H2,1H3,(H,17,21)(H,18,19). The number of hydrogen-bond donors (Lipinski definition) is 2. The molecule has 7 nitrogen and oxygen atoms in total. The van der Waals surface area contributed by atoms with Gasteiger partial charge >= 0.3 is 6.03 Å². The summed E-state index contributed by atoms with van der Waals surface area (Å²) in [5.74, 6) is 1.47. The number of fused-ring (bicyclic) bond motifs is 1. The van der Waals surface area contributed by atoms with E-state index < -0.39 is 0 Å². The number of nitrogens with zero attached hydrogens (tertiary/aromatic N) is 2. The van der Waals surface area contributed by atoms with Gasteiger partial charge in [0.15, 0.2) is 17.6 Å². The molecule has 3 rings (SSSR count). The van der Waals surface area contributed by atoms with Crippen LogP contribution >= 0.6 is 0 Å². The molecule has 2 N–H and O–H groups in total. The molecule has 0 radical (unpaired) electrons. The van der Waals surface area contributed by atoms with Crippen LogP contribution in [0.2, 0.25) is 0 Å². The van der Waals surface area contributed by atoms with Gasteiger partial charge in [-0.2, -0.15) is 5.10 Å². The van der Waals surface area contributed by atoms with Crippen LogP contribution in [0.15, 0.2) is 36.5 Å². The van der Waals surface area contributed by atoms with Gasteiger partial charge in [0.1, 0.15) is 6.61 Å². The van der Waals surface area contributed by atoms with Gasteiger partial charge in [0, 0.05) is 12.7 Å². The van der Waals surface area contributed by atoms with Gasteiger partial charge in [0.05, 0.1) is 18.8 Å². The number of likely N-dealkylation sites (N-methyl/N-ethyl adjacent to an activating group) is 1. The quantitative estimate of drug-likeness (QED) is 0.881. The van der Waals surface area contributed by atoms with E-state index in [0.717, 1.165) is 17.2 Å². The second-order valence-electron chi connectivity index (χ2n) is 5.28. The summed E-state index contributed by atoms with van der Waals surface area (Å²) in [6.45, 7) is 3.85. The molecular weight excluding hydrogens is 296 g/mol. The maximum atomic E-state index is 12.3. The minimum absolute atomic E-state index is 0.135. The Morgan fingerprint density at radius 3 is 2.96 bits per heavy atom. The lowest BCUT2D eigenvalue weighted by Crippen LogP contribution is -2.47. The molecule has 1 aliphatic rings. The first-order valence-corrected chi connectivity index (χ1v) is 7.65. The molecule has 2 amide bonds. The van der Waals surface area contributed by atoms with Crippen LogP contribution in [0.1, 0.15) is 12.6 Å². The SMILES string of the molecule is CCN(CC1COc2ccccc2O1)C(=O)NCc1ccn[nH]1. The second-order valence-corrected chi connectivity index (χ2v) is 5.28. The zero-order chi connectivity index (χ0) is 16.1. The Labute approximate surface area is 134 Å². The highest BCUT2D eigenvalue weighted by atomic mass is 16.6. The van der Waals surface area contributed by atoms with Crippen molar-refractivity contribution in [3.63, 3.8) is 0 Å². The summed E-state index contributed by atoms with van der Waals surface area (Å²) in [5, 5.41) is 9.53. The molecule has 0 aliphatic carbocycles. The topological polar surface area (TPSA) is 79.5 Å². The number of para-hydroxylation sites is 2. The van der Waals surface area contributed by atoms with Gasteiger partial charge in [-0.05, 0) is 25.1 Å². The average Bonchev–Trinajstić information content (AvgIpc) is 3.11. The van der Waals surface area contributed by atoms with Crippen molar-refractivity contribution in [1.82, 2.24) is 20.4 Å². The van der Waals surface area contributed by atoms with E-state index in [1.165, 1.54) is 0 Å². The van der Waals surface area contributed by atoms with Crippen LogP contribution in [0, 0.1) is 0 Å². The number of aromatic amines is 1. The number of rotatable bonds is 5. The molecule has 0 spiro atoms. The number of carbonyl (C=O) groups is 1. The average molecular weight is 316 g/mol. The predicted molar refractivity (Wildman–Crippen MR) is 84.4 cm³/mol. The van der Waals surface area contributed by atoms with Crippen molar-refractivity contribution in [1.29, 1.82) is 0 Å². The van der Waals surface area contributed by atoms with E-state index in [-0.39, 0.29) is 12.1 Å². The molecule has 2 heterocycles. The Kier molecular flexibility index (Phi) is 4.65. The van der Waals surface area contributed by atoms with E-state index in [9.17, 15) is 4.79 Å². The fraction of sp³-hybridized carbons (Fsp3) is 0.375. The number of ether oxygens (including phenoxy) is 2. The molecular formula is C16H20N4O3. The van der Waals surface area contributed by atoms with Gasteiger partial charge in [-0.25, -0.2) is 4.79 Å². The van der Waals surface area contributed by atoms with E-state index >= 15 is 0 Å². The van der Waals surface area contributed by atoms with Crippen molar-refractivity contribution in [2.45, 2.75) is 19.6 Å². The molecule has 0 saturated carbocycles. The molecule has 0 saturated heterocycles. The number of H-pyrrole nitrogens is 1. The highest BCUT2D eigenvalue weighted by Crippen LogP contribution is 2.30. The molecule has 0 bridgehead atoms. The number of nitrogens with one attached hydrogen (secondary N) is 2. The van der Waals surface area contributed by atoms with Crippen LogP contribution in [-0.2, 0) is 6.54 Å². The van der Waals surface area contributed by atoms with Crippen LogP contribution in [0.25, 0.3) is 0 Å². The first kappa shape index (κ1) is 15.2. The molecule has 1 unspecified atom stereocenters. The van der Waals surface area contributed by atoms with Crippen LogP contribution < -0.4 is 14.8 Å². The lowest BCUT2D eigenvalue weighted by Gasteiger charge is -2.30. The van der Waals surface area contributed by atoms with Crippen LogP contribution in [0.3, 0.4) is 0 Å². The van der Waals surface area contributed by atoms with E-state index in [0.29, 0.717) is 26.2 Å². The summed E-state index contributed by atoms with van der Waals surface area (Å²) in [4.78, 5) is 14.0. The van der Waals surface area contributed by atoms with Crippen LogP contribution in [-0.4, -0.2) is 46.9 Å². The van der Waals surface area contributed by atoms with Crippen LogP contribution in [0.5, 0.6) is 11.5 Å². The maximum Gasteiger partial charge on any atom is 0.317 e. The third-order valence-corrected chi connectivity index (χ3v) is 3.65. The smallest absolute Gasteiger partial charge is 0.317 e. The Bertz CT molecular complexity index is 645. The molecule has 122 valence electrons. The van der Waals surface area contributed by atoms with E-state index in [2.05, 4.69) is 15.5 Å². The van der Waals surface area contributed by atoms with Gasteiger partial charge in [-0.1, -0.05) is 12.1 Å². The third kappa shape index (κ3) is 3.74. The molecule has 0 fully saturated rings. The monoisotopic (exact) mass is 316 g/mol. The largest absolute Gasteiger partial charge is 0.486 e. The van der Waals surface area contributed by atoms with Crippen molar-refractivity contribution in [2.24, 2.45) is 0 Å².